The molecule has 0 aliphatic heterocycles. The summed E-state index contributed by atoms with van der Waals surface area (Å²) in [6, 6.07) is 3.79. The second kappa shape index (κ2) is 3.85. The van der Waals surface area contributed by atoms with Gasteiger partial charge in [0.05, 0.1) is 22.8 Å². The van der Waals surface area contributed by atoms with Crippen molar-refractivity contribution in [2.24, 2.45) is 5.73 Å². The van der Waals surface area contributed by atoms with Gasteiger partial charge in [0.2, 0.25) is 0 Å². The Morgan fingerprint density at radius 2 is 2.00 bits per heavy atom. The summed E-state index contributed by atoms with van der Waals surface area (Å²) in [5.41, 5.74) is 2.45. The molecule has 3 nitrogen and oxygen atoms in total. The Balaban J connectivity index is 3.70. The normalized spacial score (nSPS) is 10.9. The molecule has 16 heavy (non-hydrogen) atoms. The lowest BCUT2D eigenvalue weighted by Gasteiger charge is -2.14. The molecule has 0 aliphatic carbocycles. The van der Waals surface area contributed by atoms with Gasteiger partial charge in [-0.15, -0.1) is 0 Å². The van der Waals surface area contributed by atoms with Crippen molar-refractivity contribution < 1.29 is 18.0 Å². The maximum atomic E-state index is 12.7. The van der Waals surface area contributed by atoms with Crippen LogP contribution in [-0.2, 0) is 6.18 Å². The molecule has 6 heteroatoms. The zero-order valence-electron chi connectivity index (χ0n) is 8.22. The van der Waals surface area contributed by atoms with E-state index < -0.39 is 23.2 Å². The van der Waals surface area contributed by atoms with E-state index in [1.54, 1.807) is 0 Å². The highest BCUT2D eigenvalue weighted by Gasteiger charge is 2.37. The molecule has 1 aromatic rings. The Bertz CT molecular complexity index is 486. The molecule has 0 saturated heterocycles. The second-order valence-electron chi connectivity index (χ2n) is 3.15. The lowest BCUT2D eigenvalue weighted by Crippen LogP contribution is -2.21. The van der Waals surface area contributed by atoms with Crippen molar-refractivity contribution in [3.8, 4) is 6.07 Å². The standard InChI is InChI=1S/C10H7F3N2O/c1-5-2-3-6(4-14)7(9(15)16)8(5)10(11,12)13/h2-3H,1H3,(H2,15,16). The van der Waals surface area contributed by atoms with Gasteiger partial charge in [0.1, 0.15) is 0 Å². The zero-order valence-corrected chi connectivity index (χ0v) is 8.22. The molecule has 1 aromatic carbocycles. The number of hydrogen-bond donors (Lipinski definition) is 1. The first-order chi connectivity index (χ1) is 7.29. The average Bonchev–Trinajstić information content (AvgIpc) is 2.15. The molecule has 2 N–H and O–H groups in total. The van der Waals surface area contributed by atoms with E-state index in [-0.39, 0.29) is 11.1 Å². The molecule has 84 valence electrons. The van der Waals surface area contributed by atoms with Crippen LogP contribution in [0.3, 0.4) is 0 Å². The van der Waals surface area contributed by atoms with Crippen molar-refractivity contribution in [1.82, 2.24) is 0 Å². The monoisotopic (exact) mass is 228 g/mol. The van der Waals surface area contributed by atoms with E-state index in [0.29, 0.717) is 0 Å². The van der Waals surface area contributed by atoms with Crippen LogP contribution in [0.1, 0.15) is 27.0 Å². The number of carbonyl (C=O) groups is 1. The summed E-state index contributed by atoms with van der Waals surface area (Å²) in [7, 11) is 0. The quantitative estimate of drug-likeness (QED) is 0.798. The molecule has 0 radical (unpaired) electrons. The topological polar surface area (TPSA) is 66.9 Å². The predicted octanol–water partition coefficient (Wildman–Crippen LogP) is 1.98. The number of primary amides is 1. The summed E-state index contributed by atoms with van der Waals surface area (Å²) in [5.74, 6) is -1.26. The van der Waals surface area contributed by atoms with Crippen LogP contribution < -0.4 is 5.73 Å². The molecule has 0 bridgehead atoms. The predicted molar refractivity (Wildman–Crippen MR) is 49.4 cm³/mol. The van der Waals surface area contributed by atoms with Gasteiger partial charge >= 0.3 is 6.18 Å². The summed E-state index contributed by atoms with van der Waals surface area (Å²) in [6.45, 7) is 1.20. The fourth-order valence-electron chi connectivity index (χ4n) is 1.42. The third-order valence-electron chi connectivity index (χ3n) is 2.06. The molecular weight excluding hydrogens is 221 g/mol. The zero-order chi connectivity index (χ0) is 12.5. The Kier molecular flexibility index (Phi) is 2.90. The number of nitrogens with zero attached hydrogens (tertiary/aromatic N) is 1. The van der Waals surface area contributed by atoms with Crippen LogP contribution in [0.2, 0.25) is 0 Å². The molecule has 0 atom stereocenters. The van der Waals surface area contributed by atoms with E-state index in [2.05, 4.69) is 0 Å². The second-order valence-corrected chi connectivity index (χ2v) is 3.15. The van der Waals surface area contributed by atoms with E-state index in [9.17, 15) is 18.0 Å². The van der Waals surface area contributed by atoms with Crippen LogP contribution in [0, 0.1) is 18.3 Å². The van der Waals surface area contributed by atoms with E-state index >= 15 is 0 Å². The first-order valence-corrected chi connectivity index (χ1v) is 4.19. The average molecular weight is 228 g/mol. The van der Waals surface area contributed by atoms with E-state index in [4.69, 9.17) is 11.0 Å². The highest BCUT2D eigenvalue weighted by molar-refractivity contribution is 5.97. The minimum absolute atomic E-state index is 0.139. The van der Waals surface area contributed by atoms with E-state index in [0.717, 1.165) is 12.1 Å². The Hall–Kier alpha value is -2.03. The van der Waals surface area contributed by atoms with Crippen LogP contribution in [0.5, 0.6) is 0 Å². The van der Waals surface area contributed by atoms with Crippen molar-refractivity contribution in [1.29, 1.82) is 5.26 Å². The largest absolute Gasteiger partial charge is 0.417 e. The van der Waals surface area contributed by atoms with Gasteiger partial charge < -0.3 is 5.73 Å². The number of halogens is 3. The maximum Gasteiger partial charge on any atom is 0.417 e. The van der Waals surface area contributed by atoms with Crippen molar-refractivity contribution in [3.63, 3.8) is 0 Å². The first-order valence-electron chi connectivity index (χ1n) is 4.19. The van der Waals surface area contributed by atoms with Crippen molar-refractivity contribution in [2.45, 2.75) is 13.1 Å². The Morgan fingerprint density at radius 3 is 2.38 bits per heavy atom. The third kappa shape index (κ3) is 1.98. The summed E-state index contributed by atoms with van der Waals surface area (Å²) in [5, 5.41) is 8.62. The number of carbonyl (C=O) groups excluding carboxylic acids is 1. The third-order valence-corrected chi connectivity index (χ3v) is 2.06. The van der Waals surface area contributed by atoms with Gasteiger partial charge in [-0.25, -0.2) is 0 Å². The van der Waals surface area contributed by atoms with Gasteiger partial charge in [0.15, 0.2) is 0 Å². The molecule has 0 saturated carbocycles. The molecule has 0 aromatic heterocycles. The molecule has 1 rings (SSSR count). The van der Waals surface area contributed by atoms with Crippen LogP contribution in [0.4, 0.5) is 13.2 Å². The molecule has 1 amide bonds. The fraction of sp³-hybridized carbons (Fsp3) is 0.200. The lowest BCUT2D eigenvalue weighted by molar-refractivity contribution is -0.138. The van der Waals surface area contributed by atoms with Crippen LogP contribution in [0.15, 0.2) is 12.1 Å². The lowest BCUT2D eigenvalue weighted by atomic mass is 9.96. The summed E-state index contributed by atoms with van der Waals surface area (Å²) in [4.78, 5) is 11.0. The van der Waals surface area contributed by atoms with Gasteiger partial charge in [0, 0.05) is 0 Å². The van der Waals surface area contributed by atoms with Crippen molar-refractivity contribution >= 4 is 5.91 Å². The molecule has 0 spiro atoms. The minimum Gasteiger partial charge on any atom is -0.366 e. The van der Waals surface area contributed by atoms with Crippen LogP contribution in [0.25, 0.3) is 0 Å². The molecule has 0 unspecified atom stereocenters. The van der Waals surface area contributed by atoms with Crippen molar-refractivity contribution in [3.05, 3.63) is 34.4 Å². The molecule has 0 heterocycles. The smallest absolute Gasteiger partial charge is 0.366 e. The summed E-state index contributed by atoms with van der Waals surface area (Å²) in [6.07, 6.45) is -4.71. The number of nitriles is 1. The molecule has 0 fully saturated rings. The SMILES string of the molecule is Cc1ccc(C#N)c(C(N)=O)c1C(F)(F)F. The van der Waals surface area contributed by atoms with Gasteiger partial charge in [-0.3, -0.25) is 4.79 Å². The number of alkyl halides is 3. The van der Waals surface area contributed by atoms with E-state index in [1.165, 1.54) is 13.0 Å². The van der Waals surface area contributed by atoms with Gasteiger partial charge in [-0.2, -0.15) is 18.4 Å². The van der Waals surface area contributed by atoms with Gasteiger partial charge in [-0.1, -0.05) is 6.07 Å². The maximum absolute atomic E-state index is 12.7. The van der Waals surface area contributed by atoms with Gasteiger partial charge in [-0.05, 0) is 18.6 Å². The number of nitrogens with two attached hydrogens (primary N) is 1. The van der Waals surface area contributed by atoms with Gasteiger partial charge in [0.25, 0.3) is 5.91 Å². The highest BCUT2D eigenvalue weighted by Crippen LogP contribution is 2.35. The first kappa shape index (κ1) is 12.0. The molecular formula is C10H7F3N2O. The van der Waals surface area contributed by atoms with Crippen LogP contribution in [-0.4, -0.2) is 5.91 Å². The minimum atomic E-state index is -4.71. The van der Waals surface area contributed by atoms with E-state index in [1.807, 2.05) is 0 Å². The number of amides is 1. The fourth-order valence-corrected chi connectivity index (χ4v) is 1.42. The highest BCUT2D eigenvalue weighted by atomic mass is 19.4. The van der Waals surface area contributed by atoms with Crippen molar-refractivity contribution in [2.75, 3.05) is 0 Å². The number of rotatable bonds is 1. The number of aryl methyl sites for hydroxylation is 1. The van der Waals surface area contributed by atoms with Crippen LogP contribution >= 0.6 is 0 Å². The summed E-state index contributed by atoms with van der Waals surface area (Å²) < 4.78 is 38.0. The Morgan fingerprint density at radius 1 is 1.44 bits per heavy atom. The summed E-state index contributed by atoms with van der Waals surface area (Å²) >= 11 is 0. The number of benzene rings is 1. The Labute approximate surface area is 89.3 Å². The number of hydrogen-bond acceptors (Lipinski definition) is 2. The molecule has 0 aliphatic rings.